The van der Waals surface area contributed by atoms with E-state index < -0.39 is 0 Å². The maximum Gasteiger partial charge on any atom is 0.0528 e. The van der Waals surface area contributed by atoms with Crippen LogP contribution in [0.5, 0.6) is 0 Å². The van der Waals surface area contributed by atoms with E-state index in [9.17, 15) is 0 Å². The van der Waals surface area contributed by atoms with Crippen LogP contribution in [0.25, 0.3) is 10.9 Å². The first kappa shape index (κ1) is 12.7. The molecular formula is C17H24N2. The summed E-state index contributed by atoms with van der Waals surface area (Å²) in [7, 11) is 0. The average Bonchev–Trinajstić information content (AvgIpc) is 3.13. The van der Waals surface area contributed by atoms with Gasteiger partial charge in [-0.1, -0.05) is 31.5 Å². The monoisotopic (exact) mass is 256 g/mol. The molecule has 0 aliphatic heterocycles. The van der Waals surface area contributed by atoms with E-state index in [1.165, 1.54) is 42.1 Å². The van der Waals surface area contributed by atoms with E-state index in [2.05, 4.69) is 54.2 Å². The highest BCUT2D eigenvalue weighted by molar-refractivity contribution is 5.83. The van der Waals surface area contributed by atoms with Gasteiger partial charge < -0.3 is 9.88 Å². The van der Waals surface area contributed by atoms with E-state index in [0.717, 1.165) is 12.6 Å². The molecule has 2 nitrogen and oxygen atoms in total. The lowest BCUT2D eigenvalue weighted by Crippen LogP contribution is -2.16. The van der Waals surface area contributed by atoms with Crippen LogP contribution in [0.3, 0.4) is 0 Å². The number of hydrogen-bond acceptors (Lipinski definition) is 1. The molecule has 1 heterocycles. The van der Waals surface area contributed by atoms with E-state index >= 15 is 0 Å². The van der Waals surface area contributed by atoms with Gasteiger partial charge in [-0.15, -0.1) is 0 Å². The molecule has 2 aromatic rings. The summed E-state index contributed by atoms with van der Waals surface area (Å²) >= 11 is 0. The second kappa shape index (κ2) is 5.38. The summed E-state index contributed by atoms with van der Waals surface area (Å²) in [4.78, 5) is 0. The molecule has 0 bridgehead atoms. The van der Waals surface area contributed by atoms with Gasteiger partial charge in [0.25, 0.3) is 0 Å². The number of rotatable bonds is 6. The largest absolute Gasteiger partial charge is 0.344 e. The van der Waals surface area contributed by atoms with Crippen molar-refractivity contribution in [2.75, 3.05) is 0 Å². The number of aromatic nitrogens is 1. The third-order valence-electron chi connectivity index (χ3n) is 4.16. The standard InChI is InChI=1S/C17H24N2/c1-3-5-13(2)19-11-10-14-6-4-7-15(17(14)19)12-18-16-8-9-16/h4,6-7,10-11,13,16,18H,3,5,8-9,12H2,1-2H3. The van der Waals surface area contributed by atoms with Gasteiger partial charge in [0.1, 0.15) is 0 Å². The number of hydrogen-bond donors (Lipinski definition) is 1. The van der Waals surface area contributed by atoms with Gasteiger partial charge in [0.15, 0.2) is 0 Å². The maximum atomic E-state index is 3.64. The molecule has 102 valence electrons. The van der Waals surface area contributed by atoms with Crippen molar-refractivity contribution < 1.29 is 0 Å². The Labute approximate surface area is 115 Å². The summed E-state index contributed by atoms with van der Waals surface area (Å²) in [5.74, 6) is 0. The lowest BCUT2D eigenvalue weighted by Gasteiger charge is -2.17. The average molecular weight is 256 g/mol. The third-order valence-corrected chi connectivity index (χ3v) is 4.16. The van der Waals surface area contributed by atoms with Crippen LogP contribution >= 0.6 is 0 Å². The molecule has 1 aromatic carbocycles. The SMILES string of the molecule is CCCC(C)n1ccc2cccc(CNC3CC3)c21. The Morgan fingerprint density at radius 3 is 2.89 bits per heavy atom. The van der Waals surface area contributed by atoms with E-state index in [-0.39, 0.29) is 0 Å². The van der Waals surface area contributed by atoms with Crippen LogP contribution in [0.4, 0.5) is 0 Å². The highest BCUT2D eigenvalue weighted by Crippen LogP contribution is 2.27. The predicted octanol–water partition coefficient (Wildman–Crippen LogP) is 4.25. The van der Waals surface area contributed by atoms with Gasteiger partial charge in [-0.2, -0.15) is 0 Å². The predicted molar refractivity (Wildman–Crippen MR) is 81.4 cm³/mol. The zero-order valence-corrected chi connectivity index (χ0v) is 12.0. The third kappa shape index (κ3) is 2.69. The molecule has 1 aliphatic carbocycles. The normalized spacial score (nSPS) is 16.9. The van der Waals surface area contributed by atoms with Crippen LogP contribution in [0.15, 0.2) is 30.5 Å². The van der Waals surface area contributed by atoms with Crippen molar-refractivity contribution >= 4 is 10.9 Å². The molecule has 1 atom stereocenters. The maximum absolute atomic E-state index is 3.64. The van der Waals surface area contributed by atoms with E-state index in [1.54, 1.807) is 0 Å². The number of benzene rings is 1. The Morgan fingerprint density at radius 1 is 1.32 bits per heavy atom. The highest BCUT2D eigenvalue weighted by Gasteiger charge is 2.20. The van der Waals surface area contributed by atoms with Gasteiger partial charge in [-0.05, 0) is 43.2 Å². The minimum Gasteiger partial charge on any atom is -0.344 e. The van der Waals surface area contributed by atoms with Crippen molar-refractivity contribution in [3.05, 3.63) is 36.0 Å². The fraction of sp³-hybridized carbons (Fsp3) is 0.529. The fourth-order valence-electron chi connectivity index (χ4n) is 2.90. The smallest absolute Gasteiger partial charge is 0.0528 e. The topological polar surface area (TPSA) is 17.0 Å². The molecule has 0 spiro atoms. The molecule has 1 aromatic heterocycles. The zero-order valence-electron chi connectivity index (χ0n) is 12.0. The second-order valence-corrected chi connectivity index (χ2v) is 5.87. The summed E-state index contributed by atoms with van der Waals surface area (Å²) in [5, 5.41) is 5.01. The second-order valence-electron chi connectivity index (χ2n) is 5.87. The van der Waals surface area contributed by atoms with Crippen LogP contribution in [-0.4, -0.2) is 10.6 Å². The lowest BCUT2D eigenvalue weighted by molar-refractivity contribution is 0.513. The Bertz CT molecular complexity index is 551. The number of para-hydroxylation sites is 1. The minimum atomic E-state index is 0.588. The van der Waals surface area contributed by atoms with Gasteiger partial charge in [-0.25, -0.2) is 0 Å². The first-order valence-electron chi connectivity index (χ1n) is 7.61. The summed E-state index contributed by atoms with van der Waals surface area (Å²) in [5.41, 5.74) is 2.87. The molecule has 0 saturated heterocycles. The number of nitrogens with one attached hydrogen (secondary N) is 1. The quantitative estimate of drug-likeness (QED) is 0.817. The Morgan fingerprint density at radius 2 is 2.16 bits per heavy atom. The molecule has 1 N–H and O–H groups in total. The highest BCUT2D eigenvalue weighted by atomic mass is 15.0. The fourth-order valence-corrected chi connectivity index (χ4v) is 2.90. The molecule has 1 aliphatic rings. The van der Waals surface area contributed by atoms with Crippen LogP contribution in [-0.2, 0) is 6.54 Å². The molecule has 1 saturated carbocycles. The zero-order chi connectivity index (χ0) is 13.2. The summed E-state index contributed by atoms with van der Waals surface area (Å²) < 4.78 is 2.46. The van der Waals surface area contributed by atoms with Crippen molar-refractivity contribution in [2.45, 2.75) is 58.2 Å². The molecule has 0 radical (unpaired) electrons. The summed E-state index contributed by atoms with van der Waals surface area (Å²) in [6, 6.07) is 10.3. The number of nitrogens with zero attached hydrogens (tertiary/aromatic N) is 1. The Kier molecular flexibility index (Phi) is 3.61. The first-order chi connectivity index (χ1) is 9.29. The molecule has 1 unspecified atom stereocenters. The summed E-state index contributed by atoms with van der Waals surface area (Å²) in [6.07, 6.45) is 7.44. The summed E-state index contributed by atoms with van der Waals surface area (Å²) in [6.45, 7) is 5.59. The molecule has 2 heteroatoms. The van der Waals surface area contributed by atoms with E-state index in [0.29, 0.717) is 6.04 Å². The lowest BCUT2D eigenvalue weighted by atomic mass is 10.1. The van der Waals surface area contributed by atoms with Gasteiger partial charge in [-0.3, -0.25) is 0 Å². The molecular weight excluding hydrogens is 232 g/mol. The molecule has 1 fully saturated rings. The number of fused-ring (bicyclic) bond motifs is 1. The van der Waals surface area contributed by atoms with Crippen molar-refractivity contribution in [2.24, 2.45) is 0 Å². The van der Waals surface area contributed by atoms with Gasteiger partial charge in [0.05, 0.1) is 5.52 Å². The molecule has 3 rings (SSSR count). The van der Waals surface area contributed by atoms with Gasteiger partial charge >= 0.3 is 0 Å². The molecule has 0 amide bonds. The van der Waals surface area contributed by atoms with Crippen LogP contribution < -0.4 is 5.32 Å². The van der Waals surface area contributed by atoms with Crippen molar-refractivity contribution in [1.82, 2.24) is 9.88 Å². The Hall–Kier alpha value is -1.28. The van der Waals surface area contributed by atoms with Crippen LogP contribution in [0.2, 0.25) is 0 Å². The van der Waals surface area contributed by atoms with Crippen molar-refractivity contribution in [3.63, 3.8) is 0 Å². The molecule has 19 heavy (non-hydrogen) atoms. The first-order valence-corrected chi connectivity index (χ1v) is 7.61. The van der Waals surface area contributed by atoms with Crippen molar-refractivity contribution in [1.29, 1.82) is 0 Å². The van der Waals surface area contributed by atoms with Gasteiger partial charge in [0, 0.05) is 24.8 Å². The van der Waals surface area contributed by atoms with Crippen LogP contribution in [0.1, 0.15) is 51.1 Å². The van der Waals surface area contributed by atoms with E-state index in [1.807, 2.05) is 0 Å². The van der Waals surface area contributed by atoms with Gasteiger partial charge in [0.2, 0.25) is 0 Å². The minimum absolute atomic E-state index is 0.588. The van der Waals surface area contributed by atoms with Crippen LogP contribution in [0, 0.1) is 0 Å². The van der Waals surface area contributed by atoms with Crippen molar-refractivity contribution in [3.8, 4) is 0 Å². The Balaban J connectivity index is 1.92. The van der Waals surface area contributed by atoms with E-state index in [4.69, 9.17) is 0 Å².